The smallest absolute Gasteiger partial charge is 0.343 e. The van der Waals surface area contributed by atoms with E-state index in [-0.39, 0.29) is 5.02 Å². The first-order chi connectivity index (χ1) is 10.5. The zero-order chi connectivity index (χ0) is 16.1. The highest BCUT2D eigenvalue weighted by molar-refractivity contribution is 9.10. The van der Waals surface area contributed by atoms with E-state index in [0.29, 0.717) is 10.2 Å². The summed E-state index contributed by atoms with van der Waals surface area (Å²) in [5.74, 6) is -2.35. The molecule has 4 nitrogen and oxygen atoms in total. The normalized spacial score (nSPS) is 10.1. The van der Waals surface area contributed by atoms with E-state index in [1.807, 2.05) is 0 Å². The Kier molecular flexibility index (Phi) is 5.51. The molecular formula is C15H10BrClFNO3. The van der Waals surface area contributed by atoms with Crippen LogP contribution in [0.15, 0.2) is 46.9 Å². The molecule has 0 aliphatic carbocycles. The number of carbonyl (C=O) groups is 2. The van der Waals surface area contributed by atoms with Gasteiger partial charge in [0.15, 0.2) is 6.61 Å². The minimum Gasteiger partial charge on any atom is -0.452 e. The van der Waals surface area contributed by atoms with Crippen molar-refractivity contribution in [3.63, 3.8) is 0 Å². The number of carbonyl (C=O) groups excluding carboxylic acids is 2. The molecule has 0 aliphatic heterocycles. The highest BCUT2D eigenvalue weighted by atomic mass is 79.9. The van der Waals surface area contributed by atoms with Crippen molar-refractivity contribution < 1.29 is 18.7 Å². The van der Waals surface area contributed by atoms with Gasteiger partial charge in [-0.2, -0.15) is 0 Å². The van der Waals surface area contributed by atoms with Gasteiger partial charge in [-0.1, -0.05) is 29.8 Å². The van der Waals surface area contributed by atoms with E-state index in [4.69, 9.17) is 16.3 Å². The molecule has 0 spiro atoms. The van der Waals surface area contributed by atoms with Crippen molar-refractivity contribution >= 4 is 45.1 Å². The number of benzene rings is 2. The molecule has 0 aliphatic rings. The fourth-order valence-corrected chi connectivity index (χ4v) is 2.27. The molecule has 0 fully saturated rings. The maximum atomic E-state index is 13.5. The Labute approximate surface area is 139 Å². The highest BCUT2D eigenvalue weighted by Crippen LogP contribution is 2.22. The molecule has 2 aromatic carbocycles. The zero-order valence-corrected chi connectivity index (χ0v) is 13.4. The summed E-state index contributed by atoms with van der Waals surface area (Å²) in [6.07, 6.45) is 0. The molecule has 0 heterocycles. The molecule has 0 unspecified atom stereocenters. The van der Waals surface area contributed by atoms with Crippen LogP contribution >= 0.6 is 27.5 Å². The number of anilines is 1. The third-order valence-corrected chi connectivity index (χ3v) is 3.66. The number of esters is 1. The van der Waals surface area contributed by atoms with E-state index in [0.717, 1.165) is 6.07 Å². The van der Waals surface area contributed by atoms with Gasteiger partial charge in [0, 0.05) is 4.47 Å². The lowest BCUT2D eigenvalue weighted by atomic mass is 10.2. The molecule has 0 radical (unpaired) electrons. The van der Waals surface area contributed by atoms with Crippen LogP contribution in [0.4, 0.5) is 10.1 Å². The Hall–Kier alpha value is -1.92. The Bertz CT molecular complexity index is 703. The molecular weight excluding hydrogens is 377 g/mol. The summed E-state index contributed by atoms with van der Waals surface area (Å²) in [4.78, 5) is 23.5. The number of amides is 1. The van der Waals surface area contributed by atoms with E-state index >= 15 is 0 Å². The number of hydrogen-bond donors (Lipinski definition) is 1. The number of halogens is 3. The lowest BCUT2D eigenvalue weighted by Gasteiger charge is -2.09. The number of hydrogen-bond acceptors (Lipinski definition) is 3. The standard InChI is InChI=1S/C15H10BrClFNO3/c16-9-4-1-2-7-12(9)19-13(20)8-22-15(21)14-10(17)5-3-6-11(14)18/h1-7H,8H2,(H,19,20). The Balaban J connectivity index is 1.97. The van der Waals surface area contributed by atoms with Crippen molar-refractivity contribution in [2.24, 2.45) is 0 Å². The van der Waals surface area contributed by atoms with Crippen LogP contribution in [0.25, 0.3) is 0 Å². The van der Waals surface area contributed by atoms with Crippen molar-refractivity contribution in [3.8, 4) is 0 Å². The van der Waals surface area contributed by atoms with Gasteiger partial charge >= 0.3 is 5.97 Å². The molecule has 0 aromatic heterocycles. The summed E-state index contributed by atoms with van der Waals surface area (Å²) in [7, 11) is 0. The average Bonchev–Trinajstić information content (AvgIpc) is 2.47. The first-order valence-corrected chi connectivity index (χ1v) is 7.31. The summed E-state index contributed by atoms with van der Waals surface area (Å²) in [6, 6.07) is 10.8. The average molecular weight is 387 g/mol. The lowest BCUT2D eigenvalue weighted by molar-refractivity contribution is -0.119. The molecule has 22 heavy (non-hydrogen) atoms. The quantitative estimate of drug-likeness (QED) is 0.807. The largest absolute Gasteiger partial charge is 0.452 e. The second-order valence-electron chi connectivity index (χ2n) is 4.20. The van der Waals surface area contributed by atoms with Gasteiger partial charge in [0.1, 0.15) is 11.4 Å². The fraction of sp³-hybridized carbons (Fsp3) is 0.0667. The van der Waals surface area contributed by atoms with Gasteiger partial charge in [-0.25, -0.2) is 9.18 Å². The third-order valence-electron chi connectivity index (χ3n) is 2.65. The second kappa shape index (κ2) is 7.38. The second-order valence-corrected chi connectivity index (χ2v) is 5.46. The SMILES string of the molecule is O=C(COC(=O)c1c(F)cccc1Cl)Nc1ccccc1Br. The van der Waals surface area contributed by atoms with Gasteiger partial charge in [0.25, 0.3) is 5.91 Å². The van der Waals surface area contributed by atoms with E-state index in [1.165, 1.54) is 12.1 Å². The molecule has 1 N–H and O–H groups in total. The Morgan fingerprint density at radius 2 is 1.91 bits per heavy atom. The molecule has 2 rings (SSSR count). The molecule has 0 atom stereocenters. The van der Waals surface area contributed by atoms with Gasteiger partial charge in [-0.15, -0.1) is 0 Å². The van der Waals surface area contributed by atoms with Crippen molar-refractivity contribution in [1.29, 1.82) is 0 Å². The summed E-state index contributed by atoms with van der Waals surface area (Å²) < 4.78 is 19.0. The minimum absolute atomic E-state index is 0.0730. The van der Waals surface area contributed by atoms with E-state index in [9.17, 15) is 14.0 Å². The summed E-state index contributed by atoms with van der Waals surface area (Å²) in [5.41, 5.74) is 0.144. The summed E-state index contributed by atoms with van der Waals surface area (Å²) >= 11 is 9.01. The number of ether oxygens (including phenoxy) is 1. The van der Waals surface area contributed by atoms with E-state index in [1.54, 1.807) is 24.3 Å². The lowest BCUT2D eigenvalue weighted by Crippen LogP contribution is -2.21. The van der Waals surface area contributed by atoms with Crippen LogP contribution in [-0.2, 0) is 9.53 Å². The maximum Gasteiger partial charge on any atom is 0.343 e. The van der Waals surface area contributed by atoms with E-state index < -0.39 is 29.9 Å². The Morgan fingerprint density at radius 3 is 2.59 bits per heavy atom. The topological polar surface area (TPSA) is 55.4 Å². The molecule has 114 valence electrons. The van der Waals surface area contributed by atoms with Crippen LogP contribution in [0.2, 0.25) is 5.02 Å². The van der Waals surface area contributed by atoms with Crippen LogP contribution in [0, 0.1) is 5.82 Å². The summed E-state index contributed by atoms with van der Waals surface area (Å²) in [6.45, 7) is -0.551. The summed E-state index contributed by atoms with van der Waals surface area (Å²) in [5, 5.41) is 2.48. The minimum atomic E-state index is -0.995. The molecule has 2 aromatic rings. The van der Waals surface area contributed by atoms with Gasteiger partial charge in [-0.05, 0) is 40.2 Å². The van der Waals surface area contributed by atoms with Gasteiger partial charge in [-0.3, -0.25) is 4.79 Å². The molecule has 0 bridgehead atoms. The predicted octanol–water partition coefficient (Wildman–Crippen LogP) is 4.04. The van der Waals surface area contributed by atoms with Crippen LogP contribution in [0.3, 0.4) is 0 Å². The van der Waals surface area contributed by atoms with E-state index in [2.05, 4.69) is 21.2 Å². The highest BCUT2D eigenvalue weighted by Gasteiger charge is 2.18. The zero-order valence-electron chi connectivity index (χ0n) is 11.1. The predicted molar refractivity (Wildman–Crippen MR) is 84.5 cm³/mol. The molecule has 0 saturated heterocycles. The number of rotatable bonds is 4. The third kappa shape index (κ3) is 4.05. The van der Waals surface area contributed by atoms with Crippen LogP contribution in [0.1, 0.15) is 10.4 Å². The maximum absolute atomic E-state index is 13.5. The van der Waals surface area contributed by atoms with Gasteiger partial charge < -0.3 is 10.1 Å². The first kappa shape index (κ1) is 16.5. The monoisotopic (exact) mass is 385 g/mol. The van der Waals surface area contributed by atoms with Crippen LogP contribution in [-0.4, -0.2) is 18.5 Å². The van der Waals surface area contributed by atoms with Crippen molar-refractivity contribution in [3.05, 3.63) is 63.3 Å². The van der Waals surface area contributed by atoms with Gasteiger partial charge in [0.05, 0.1) is 10.7 Å². The molecule has 7 heteroatoms. The fourth-order valence-electron chi connectivity index (χ4n) is 1.64. The molecule has 0 saturated carbocycles. The number of para-hydroxylation sites is 1. The van der Waals surface area contributed by atoms with Crippen LogP contribution in [0.5, 0.6) is 0 Å². The number of nitrogens with one attached hydrogen (secondary N) is 1. The van der Waals surface area contributed by atoms with Crippen molar-refractivity contribution in [2.75, 3.05) is 11.9 Å². The molecule has 1 amide bonds. The van der Waals surface area contributed by atoms with Crippen molar-refractivity contribution in [1.82, 2.24) is 0 Å². The Morgan fingerprint density at radius 1 is 1.18 bits per heavy atom. The first-order valence-electron chi connectivity index (χ1n) is 6.14. The van der Waals surface area contributed by atoms with Crippen LogP contribution < -0.4 is 5.32 Å². The van der Waals surface area contributed by atoms with Crippen molar-refractivity contribution in [2.45, 2.75) is 0 Å². The van der Waals surface area contributed by atoms with Gasteiger partial charge in [0.2, 0.25) is 0 Å².